The Bertz CT molecular complexity index is 1360. The number of nitrogens with zero attached hydrogens (tertiary/aromatic N) is 3. The molecule has 0 bridgehead atoms. The van der Waals surface area contributed by atoms with Crippen molar-refractivity contribution >= 4 is 33.7 Å². The number of fused-ring (bicyclic) bond motifs is 1. The Morgan fingerprint density at radius 2 is 1.82 bits per heavy atom. The van der Waals surface area contributed by atoms with Crippen LogP contribution in [0.5, 0.6) is 11.5 Å². The first kappa shape index (κ1) is 16.9. The van der Waals surface area contributed by atoms with Gasteiger partial charge in [-0.25, -0.2) is 0 Å². The predicted molar refractivity (Wildman–Crippen MR) is 112 cm³/mol. The summed E-state index contributed by atoms with van der Waals surface area (Å²) < 4.78 is 7.82. The van der Waals surface area contributed by atoms with Gasteiger partial charge in [0, 0.05) is 0 Å². The van der Waals surface area contributed by atoms with Gasteiger partial charge >= 0.3 is 0 Å². The Balaban J connectivity index is 1.50. The highest BCUT2D eigenvalue weighted by Gasteiger charge is 2.12. The molecule has 136 valence electrons. The van der Waals surface area contributed by atoms with Gasteiger partial charge in [0.1, 0.15) is 11.5 Å². The Hall–Kier alpha value is -3.29. The van der Waals surface area contributed by atoms with E-state index in [1.165, 1.54) is 15.9 Å². The monoisotopic (exact) mass is 403 g/mol. The zero-order valence-corrected chi connectivity index (χ0v) is 16.1. The van der Waals surface area contributed by atoms with E-state index in [2.05, 4.69) is 10.1 Å². The van der Waals surface area contributed by atoms with Gasteiger partial charge in [-0.15, -0.1) is 16.4 Å². The lowest BCUT2D eigenvalue weighted by Crippen LogP contribution is -2.23. The molecule has 0 unspecified atom stereocenters. The molecule has 5 aromatic rings. The summed E-state index contributed by atoms with van der Waals surface area (Å²) in [5.41, 5.74) is 0.721. The summed E-state index contributed by atoms with van der Waals surface area (Å²) in [7, 11) is 0. The van der Waals surface area contributed by atoms with Crippen LogP contribution in [-0.2, 0) is 0 Å². The minimum absolute atomic E-state index is 0.162. The lowest BCUT2D eigenvalue weighted by atomic mass is 10.2. The molecule has 2 aromatic carbocycles. The summed E-state index contributed by atoms with van der Waals surface area (Å²) in [6.45, 7) is 0. The van der Waals surface area contributed by atoms with Crippen molar-refractivity contribution in [2.45, 2.75) is 0 Å². The fraction of sp³-hybridized carbons (Fsp3) is 0. The molecule has 0 aliphatic carbocycles. The summed E-state index contributed by atoms with van der Waals surface area (Å²) >= 11 is 2.88. The third kappa shape index (κ3) is 3.21. The van der Waals surface area contributed by atoms with Gasteiger partial charge in [-0.05, 0) is 47.4 Å². The van der Waals surface area contributed by atoms with Crippen molar-refractivity contribution in [2.24, 2.45) is 0 Å². The van der Waals surface area contributed by atoms with Gasteiger partial charge in [-0.2, -0.15) is 9.50 Å². The summed E-state index contributed by atoms with van der Waals surface area (Å²) in [6, 6.07) is 21.1. The standard InChI is InChI=1S/C21H13N3O2S2/c25-20-18(28-21-22-19(23-24(20)21)17-10-5-11-27-17)13-14-6-4-9-16(12-14)26-15-7-2-1-3-8-15/h1-13H/b18-13-. The molecular formula is C21H13N3O2S2. The Labute approximate surface area is 167 Å². The molecule has 0 spiro atoms. The molecule has 3 aromatic heterocycles. The van der Waals surface area contributed by atoms with E-state index >= 15 is 0 Å². The number of aromatic nitrogens is 3. The van der Waals surface area contributed by atoms with Crippen LogP contribution in [0.25, 0.3) is 21.7 Å². The minimum atomic E-state index is -0.162. The van der Waals surface area contributed by atoms with Crippen molar-refractivity contribution in [3.63, 3.8) is 0 Å². The number of benzene rings is 2. The number of rotatable bonds is 4. The fourth-order valence-electron chi connectivity index (χ4n) is 2.79. The molecule has 0 amide bonds. The van der Waals surface area contributed by atoms with E-state index in [1.807, 2.05) is 78.2 Å². The number of thiophene rings is 1. The zero-order valence-electron chi connectivity index (χ0n) is 14.5. The summed E-state index contributed by atoms with van der Waals surface area (Å²) in [5, 5.41) is 6.32. The Morgan fingerprint density at radius 1 is 0.964 bits per heavy atom. The topological polar surface area (TPSA) is 56.5 Å². The van der Waals surface area contributed by atoms with Crippen LogP contribution in [-0.4, -0.2) is 14.6 Å². The van der Waals surface area contributed by atoms with E-state index in [1.54, 1.807) is 11.3 Å². The lowest BCUT2D eigenvalue weighted by Gasteiger charge is -2.05. The van der Waals surface area contributed by atoms with Crippen LogP contribution in [0.2, 0.25) is 0 Å². The largest absolute Gasteiger partial charge is 0.457 e. The number of thiazole rings is 1. The van der Waals surface area contributed by atoms with Crippen molar-refractivity contribution in [1.29, 1.82) is 0 Å². The lowest BCUT2D eigenvalue weighted by molar-refractivity contribution is 0.482. The van der Waals surface area contributed by atoms with Crippen molar-refractivity contribution in [3.05, 3.63) is 92.6 Å². The zero-order chi connectivity index (χ0) is 18.9. The van der Waals surface area contributed by atoms with Gasteiger partial charge < -0.3 is 4.74 Å². The van der Waals surface area contributed by atoms with Crippen LogP contribution in [0.1, 0.15) is 5.56 Å². The molecular weight excluding hydrogens is 390 g/mol. The molecule has 0 radical (unpaired) electrons. The summed E-state index contributed by atoms with van der Waals surface area (Å²) in [6.07, 6.45) is 1.84. The van der Waals surface area contributed by atoms with E-state index in [-0.39, 0.29) is 5.56 Å². The van der Waals surface area contributed by atoms with E-state index in [9.17, 15) is 4.79 Å². The molecule has 0 saturated carbocycles. The summed E-state index contributed by atoms with van der Waals surface area (Å²) in [4.78, 5) is 18.7. The van der Waals surface area contributed by atoms with E-state index < -0.39 is 0 Å². The fourth-order valence-corrected chi connectivity index (χ4v) is 4.35. The molecule has 7 heteroatoms. The minimum Gasteiger partial charge on any atom is -0.457 e. The molecule has 0 aliphatic rings. The first-order chi connectivity index (χ1) is 13.8. The molecule has 5 rings (SSSR count). The molecule has 5 nitrogen and oxygen atoms in total. The highest BCUT2D eigenvalue weighted by atomic mass is 32.1. The predicted octanol–water partition coefficient (Wildman–Crippen LogP) is 4.22. The van der Waals surface area contributed by atoms with Gasteiger partial charge in [0.2, 0.25) is 4.96 Å². The van der Waals surface area contributed by atoms with Gasteiger partial charge in [-0.3, -0.25) is 4.79 Å². The smallest absolute Gasteiger partial charge is 0.291 e. The van der Waals surface area contributed by atoms with Crippen LogP contribution in [0.3, 0.4) is 0 Å². The van der Waals surface area contributed by atoms with Crippen LogP contribution >= 0.6 is 22.7 Å². The average Bonchev–Trinajstić information content (AvgIpc) is 3.42. The number of ether oxygens (including phenoxy) is 1. The van der Waals surface area contributed by atoms with Crippen LogP contribution in [0, 0.1) is 0 Å². The molecule has 0 atom stereocenters. The van der Waals surface area contributed by atoms with Crippen LogP contribution < -0.4 is 14.8 Å². The number of hydrogen-bond acceptors (Lipinski definition) is 6. The van der Waals surface area contributed by atoms with Crippen molar-refractivity contribution in [3.8, 4) is 22.2 Å². The second kappa shape index (κ2) is 7.03. The van der Waals surface area contributed by atoms with Gasteiger partial charge in [0.15, 0.2) is 5.82 Å². The Kier molecular flexibility index (Phi) is 4.23. The quantitative estimate of drug-likeness (QED) is 0.451. The maximum atomic E-state index is 12.7. The number of para-hydroxylation sites is 1. The second-order valence-electron chi connectivity index (χ2n) is 6.01. The van der Waals surface area contributed by atoms with Crippen molar-refractivity contribution < 1.29 is 4.74 Å². The van der Waals surface area contributed by atoms with Gasteiger partial charge in [0.25, 0.3) is 5.56 Å². The molecule has 28 heavy (non-hydrogen) atoms. The first-order valence-corrected chi connectivity index (χ1v) is 10.2. The van der Waals surface area contributed by atoms with Gasteiger partial charge in [-0.1, -0.05) is 47.7 Å². The second-order valence-corrected chi connectivity index (χ2v) is 7.97. The maximum Gasteiger partial charge on any atom is 0.291 e. The van der Waals surface area contributed by atoms with Crippen molar-refractivity contribution in [2.75, 3.05) is 0 Å². The van der Waals surface area contributed by atoms with Gasteiger partial charge in [0.05, 0.1) is 9.41 Å². The first-order valence-electron chi connectivity index (χ1n) is 8.54. The molecule has 0 saturated heterocycles. The Morgan fingerprint density at radius 3 is 2.61 bits per heavy atom. The SMILES string of the molecule is O=c1/c(=C/c2cccc(Oc3ccccc3)c2)sc2nc(-c3cccs3)nn12. The third-order valence-corrected chi connectivity index (χ3v) is 5.88. The highest BCUT2D eigenvalue weighted by molar-refractivity contribution is 7.15. The normalized spacial score (nSPS) is 11.9. The van der Waals surface area contributed by atoms with Crippen LogP contribution in [0.15, 0.2) is 76.9 Å². The number of hydrogen-bond donors (Lipinski definition) is 0. The maximum absolute atomic E-state index is 12.7. The van der Waals surface area contributed by atoms with Crippen molar-refractivity contribution in [1.82, 2.24) is 14.6 Å². The van der Waals surface area contributed by atoms with E-state index in [0.29, 0.717) is 21.1 Å². The van der Waals surface area contributed by atoms with E-state index in [0.717, 1.165) is 16.2 Å². The third-order valence-electron chi connectivity index (χ3n) is 4.06. The molecule has 0 aliphatic heterocycles. The highest BCUT2D eigenvalue weighted by Crippen LogP contribution is 2.23. The molecule has 0 fully saturated rings. The van der Waals surface area contributed by atoms with E-state index in [4.69, 9.17) is 4.74 Å². The average molecular weight is 403 g/mol. The molecule has 0 N–H and O–H groups in total. The molecule has 3 heterocycles. The van der Waals surface area contributed by atoms with Crippen LogP contribution in [0.4, 0.5) is 0 Å². The summed E-state index contributed by atoms with van der Waals surface area (Å²) in [5.74, 6) is 2.07.